The van der Waals surface area contributed by atoms with Gasteiger partial charge in [-0.2, -0.15) is 5.26 Å². The van der Waals surface area contributed by atoms with E-state index in [1.165, 1.54) is 5.56 Å². The summed E-state index contributed by atoms with van der Waals surface area (Å²) in [4.78, 5) is 12.1. The molecule has 1 aromatic carbocycles. The number of carbonyl (C=O) groups excluding carboxylic acids is 1. The molecule has 1 aromatic rings. The highest BCUT2D eigenvalue weighted by molar-refractivity contribution is 5.84. The van der Waals surface area contributed by atoms with Crippen LogP contribution in [0.15, 0.2) is 30.3 Å². The maximum Gasteiger partial charge on any atom is 0.137 e. The first-order chi connectivity index (χ1) is 9.65. The van der Waals surface area contributed by atoms with Crippen LogP contribution in [0.4, 0.5) is 0 Å². The Kier molecular flexibility index (Phi) is 3.35. The molecule has 0 unspecified atom stereocenters. The lowest BCUT2D eigenvalue weighted by Crippen LogP contribution is -2.60. The lowest BCUT2D eigenvalue weighted by molar-refractivity contribution is -0.136. The zero-order valence-corrected chi connectivity index (χ0v) is 11.8. The van der Waals surface area contributed by atoms with Gasteiger partial charge in [0.2, 0.25) is 0 Å². The van der Waals surface area contributed by atoms with E-state index in [9.17, 15) is 10.1 Å². The van der Waals surface area contributed by atoms with Crippen LogP contribution >= 0.6 is 0 Å². The normalized spacial score (nSPS) is 35.8. The number of nitrogens with one attached hydrogen (secondary N) is 1. The fourth-order valence-electron chi connectivity index (χ4n) is 3.91. The summed E-state index contributed by atoms with van der Waals surface area (Å²) in [6.45, 7) is 2.75. The van der Waals surface area contributed by atoms with E-state index in [1.54, 1.807) is 0 Å². The first-order valence-corrected chi connectivity index (χ1v) is 7.36. The summed E-state index contributed by atoms with van der Waals surface area (Å²) in [6, 6.07) is 12.7. The zero-order valence-electron chi connectivity index (χ0n) is 11.8. The van der Waals surface area contributed by atoms with Crippen molar-refractivity contribution in [3.05, 3.63) is 35.9 Å². The van der Waals surface area contributed by atoms with Crippen LogP contribution in [-0.4, -0.2) is 11.8 Å². The van der Waals surface area contributed by atoms with Crippen LogP contribution in [-0.2, 0) is 11.3 Å². The Hall–Kier alpha value is -1.66. The highest BCUT2D eigenvalue weighted by Crippen LogP contribution is 2.50. The van der Waals surface area contributed by atoms with E-state index >= 15 is 0 Å². The molecule has 3 nitrogen and oxygen atoms in total. The lowest BCUT2D eigenvalue weighted by Gasteiger charge is -2.51. The number of carbonyl (C=O) groups is 1. The van der Waals surface area contributed by atoms with Gasteiger partial charge in [0.15, 0.2) is 0 Å². The number of nitrogens with zero attached hydrogens (tertiary/aromatic N) is 1. The second-order valence-electron chi connectivity index (χ2n) is 6.29. The SMILES string of the molecule is C[C@]1(C#N)[C@H]2CC[C@H](C(=O)C2)[C@@H]1NCc1ccccc1. The average molecular weight is 268 g/mol. The fraction of sp³-hybridized carbons (Fsp3) is 0.529. The number of hydrogen-bond donors (Lipinski definition) is 1. The van der Waals surface area contributed by atoms with Crippen molar-refractivity contribution in [1.82, 2.24) is 5.32 Å². The fourth-order valence-corrected chi connectivity index (χ4v) is 3.91. The van der Waals surface area contributed by atoms with Gasteiger partial charge in [-0.1, -0.05) is 30.3 Å². The van der Waals surface area contributed by atoms with E-state index in [2.05, 4.69) is 23.5 Å². The molecule has 0 spiro atoms. The Bertz CT molecular complexity index is 548. The number of nitriles is 1. The average Bonchev–Trinajstić information content (AvgIpc) is 2.48. The summed E-state index contributed by atoms with van der Waals surface area (Å²) in [5.74, 6) is 0.589. The summed E-state index contributed by atoms with van der Waals surface area (Å²) in [5.41, 5.74) is 0.785. The Morgan fingerprint density at radius 3 is 2.75 bits per heavy atom. The number of rotatable bonds is 3. The van der Waals surface area contributed by atoms with Crippen LogP contribution in [0, 0.1) is 28.6 Å². The summed E-state index contributed by atoms with van der Waals surface area (Å²) in [6.07, 6.45) is 2.55. The van der Waals surface area contributed by atoms with E-state index in [-0.39, 0.29) is 17.9 Å². The molecule has 2 bridgehead atoms. The zero-order chi connectivity index (χ0) is 14.2. The largest absolute Gasteiger partial charge is 0.308 e. The summed E-state index contributed by atoms with van der Waals surface area (Å²) >= 11 is 0. The van der Waals surface area contributed by atoms with Crippen LogP contribution in [0.3, 0.4) is 0 Å². The van der Waals surface area contributed by atoms with Gasteiger partial charge in [0.05, 0.1) is 11.5 Å². The van der Waals surface area contributed by atoms with E-state index < -0.39 is 5.41 Å². The predicted molar refractivity (Wildman–Crippen MR) is 76.6 cm³/mol. The third kappa shape index (κ3) is 2.05. The molecule has 4 rings (SSSR count). The lowest BCUT2D eigenvalue weighted by atomic mass is 9.54. The van der Waals surface area contributed by atoms with Crippen LogP contribution in [0.5, 0.6) is 0 Å². The van der Waals surface area contributed by atoms with Gasteiger partial charge in [-0.25, -0.2) is 0 Å². The molecular formula is C17H20N2O. The molecule has 3 aliphatic carbocycles. The second kappa shape index (κ2) is 5.03. The Balaban J connectivity index is 1.79. The molecule has 0 radical (unpaired) electrons. The maximum atomic E-state index is 12.1. The highest BCUT2D eigenvalue weighted by Gasteiger charge is 2.55. The first kappa shape index (κ1) is 13.3. The van der Waals surface area contributed by atoms with Crippen molar-refractivity contribution in [2.45, 2.75) is 38.8 Å². The number of ketones is 1. The van der Waals surface area contributed by atoms with Gasteiger partial charge < -0.3 is 5.32 Å². The van der Waals surface area contributed by atoms with Crippen LogP contribution in [0.25, 0.3) is 0 Å². The van der Waals surface area contributed by atoms with E-state index in [0.29, 0.717) is 12.2 Å². The van der Waals surface area contributed by atoms with Gasteiger partial charge in [-0.05, 0) is 31.2 Å². The molecule has 0 aliphatic heterocycles. The Morgan fingerprint density at radius 2 is 2.10 bits per heavy atom. The number of Topliss-reactive ketones (excluding diaryl/α,β-unsaturated/α-hetero) is 1. The molecule has 4 atom stereocenters. The molecule has 1 N–H and O–H groups in total. The minimum absolute atomic E-state index is 0.00675. The molecule has 3 saturated carbocycles. The molecular weight excluding hydrogens is 248 g/mol. The predicted octanol–water partition coefficient (Wildman–Crippen LogP) is 2.67. The molecule has 104 valence electrons. The minimum atomic E-state index is -0.411. The second-order valence-corrected chi connectivity index (χ2v) is 6.29. The van der Waals surface area contributed by atoms with Crippen molar-refractivity contribution in [1.29, 1.82) is 5.26 Å². The van der Waals surface area contributed by atoms with Crippen molar-refractivity contribution >= 4 is 5.78 Å². The molecule has 0 amide bonds. The molecule has 3 heteroatoms. The van der Waals surface area contributed by atoms with E-state index in [4.69, 9.17) is 0 Å². The Morgan fingerprint density at radius 1 is 1.35 bits per heavy atom. The topological polar surface area (TPSA) is 52.9 Å². The third-order valence-corrected chi connectivity index (χ3v) is 5.19. The summed E-state index contributed by atoms with van der Waals surface area (Å²) < 4.78 is 0. The van der Waals surface area contributed by atoms with Crippen LogP contribution in [0.1, 0.15) is 31.7 Å². The summed E-state index contributed by atoms with van der Waals surface area (Å²) in [5, 5.41) is 13.1. The van der Waals surface area contributed by atoms with Crippen molar-refractivity contribution in [2.75, 3.05) is 0 Å². The maximum absolute atomic E-state index is 12.1. The van der Waals surface area contributed by atoms with E-state index in [1.807, 2.05) is 25.1 Å². The minimum Gasteiger partial charge on any atom is -0.308 e. The molecule has 3 aliphatic rings. The van der Waals surface area contributed by atoms with Crippen LogP contribution in [0.2, 0.25) is 0 Å². The molecule has 0 saturated heterocycles. The third-order valence-electron chi connectivity index (χ3n) is 5.19. The smallest absolute Gasteiger partial charge is 0.137 e. The van der Waals surface area contributed by atoms with Crippen molar-refractivity contribution < 1.29 is 4.79 Å². The number of fused-ring (bicyclic) bond motifs is 3. The van der Waals surface area contributed by atoms with Crippen LogP contribution < -0.4 is 5.32 Å². The quantitative estimate of drug-likeness (QED) is 0.917. The van der Waals surface area contributed by atoms with Gasteiger partial charge in [0.1, 0.15) is 5.78 Å². The van der Waals surface area contributed by atoms with Crippen molar-refractivity contribution in [2.24, 2.45) is 17.3 Å². The van der Waals surface area contributed by atoms with Gasteiger partial charge in [0.25, 0.3) is 0 Å². The summed E-state index contributed by atoms with van der Waals surface area (Å²) in [7, 11) is 0. The molecule has 0 aromatic heterocycles. The Labute approximate surface area is 120 Å². The van der Waals surface area contributed by atoms with Gasteiger partial charge in [-0.3, -0.25) is 4.79 Å². The van der Waals surface area contributed by atoms with Crippen molar-refractivity contribution in [3.8, 4) is 6.07 Å². The number of hydrogen-bond acceptors (Lipinski definition) is 3. The van der Waals surface area contributed by atoms with E-state index in [0.717, 1.165) is 19.4 Å². The molecule has 0 heterocycles. The highest BCUT2D eigenvalue weighted by atomic mass is 16.1. The number of benzene rings is 1. The molecule has 20 heavy (non-hydrogen) atoms. The monoisotopic (exact) mass is 268 g/mol. The van der Waals surface area contributed by atoms with Gasteiger partial charge in [-0.15, -0.1) is 0 Å². The van der Waals surface area contributed by atoms with Gasteiger partial charge >= 0.3 is 0 Å². The van der Waals surface area contributed by atoms with Gasteiger partial charge in [0, 0.05) is 24.9 Å². The molecule has 3 fully saturated rings. The first-order valence-electron chi connectivity index (χ1n) is 7.36. The van der Waals surface area contributed by atoms with Crippen molar-refractivity contribution in [3.63, 3.8) is 0 Å². The standard InChI is InChI=1S/C17H20N2O/c1-17(11-18)13-7-8-14(15(20)9-13)16(17)19-10-12-5-3-2-4-6-12/h2-6,13-14,16,19H,7-10H2,1H3/t13-,14+,16-,17-/m0/s1.